The number of carbonyl (C=O) groups is 1. The lowest BCUT2D eigenvalue weighted by molar-refractivity contribution is 0.0697. The molecule has 0 unspecified atom stereocenters. The number of ether oxygens (including phenoxy) is 1. The summed E-state index contributed by atoms with van der Waals surface area (Å²) in [6, 6.07) is 27.0. The number of nitriles is 1. The molecule has 4 aromatic rings. The molecule has 0 spiro atoms. The zero-order valence-electron chi connectivity index (χ0n) is 17.3. The fraction of sp³-hybridized carbons (Fsp3) is 0.0370. The van der Waals surface area contributed by atoms with Gasteiger partial charge in [-0.2, -0.15) is 5.26 Å². The molecule has 0 atom stereocenters. The summed E-state index contributed by atoms with van der Waals surface area (Å²) >= 11 is 4.49. The molecule has 0 saturated heterocycles. The van der Waals surface area contributed by atoms with Crippen LogP contribution in [0.5, 0.6) is 5.75 Å². The molecule has 4 aromatic carbocycles. The number of carboxylic acids is 1. The van der Waals surface area contributed by atoms with E-state index in [0.717, 1.165) is 24.0 Å². The van der Waals surface area contributed by atoms with Gasteiger partial charge in [0.05, 0.1) is 24.3 Å². The number of carboxylic acid groups (broad SMARTS) is 1. The largest absolute Gasteiger partial charge is 0.487 e. The monoisotopic (exact) mass is 657 g/mol. The fourth-order valence-electron chi connectivity index (χ4n) is 3.42. The number of benzene rings is 4. The van der Waals surface area contributed by atoms with E-state index in [0.29, 0.717) is 17.7 Å². The van der Waals surface area contributed by atoms with Crippen LogP contribution in [0.1, 0.15) is 27.0 Å². The normalized spacial score (nSPS) is 11.2. The molecule has 162 valence electrons. The van der Waals surface area contributed by atoms with Crippen LogP contribution in [0, 0.1) is 18.5 Å². The predicted molar refractivity (Wildman–Crippen MR) is 147 cm³/mol. The molecule has 0 fully saturated rings. The third-order valence-corrected chi connectivity index (χ3v) is 6.69. The van der Waals surface area contributed by atoms with E-state index in [-0.39, 0.29) is 5.56 Å². The lowest BCUT2D eigenvalue weighted by Crippen LogP contribution is -2.00. The molecule has 0 heterocycles. The van der Waals surface area contributed by atoms with Crippen molar-refractivity contribution in [2.45, 2.75) is 6.61 Å². The number of fused-ring (bicyclic) bond motifs is 1. The summed E-state index contributed by atoms with van der Waals surface area (Å²) < 4.78 is 8.05. The second-order valence-corrected chi connectivity index (χ2v) is 9.66. The third-order valence-electron chi connectivity index (χ3n) is 5.09. The average Bonchev–Trinajstić information content (AvgIpc) is 2.82. The van der Waals surface area contributed by atoms with Gasteiger partial charge >= 0.3 is 5.97 Å². The van der Waals surface area contributed by atoms with Crippen molar-refractivity contribution in [1.29, 1.82) is 5.26 Å². The predicted octanol–water partition coefficient (Wildman–Crippen LogP) is 7.39. The highest BCUT2D eigenvalue weighted by molar-refractivity contribution is 14.1. The van der Waals surface area contributed by atoms with Crippen LogP contribution < -0.4 is 4.74 Å². The van der Waals surface area contributed by atoms with Gasteiger partial charge in [-0.3, -0.25) is 0 Å². The molecule has 33 heavy (non-hydrogen) atoms. The van der Waals surface area contributed by atoms with E-state index in [1.54, 1.807) is 18.2 Å². The summed E-state index contributed by atoms with van der Waals surface area (Å²) in [7, 11) is 0. The second kappa shape index (κ2) is 10.4. The standard InChI is InChI=1S/C27H17I2NO3/c28-24-13-18(12-23(15-30)20-7-9-21(10-8-20)27(31)32)14-25(29)26(24)33-16-17-5-6-19-3-1-2-4-22(19)11-17/h1-14H,16H2,(H,31,32)/b23-12-. The number of halogens is 2. The molecule has 0 radical (unpaired) electrons. The first kappa shape index (κ1) is 23.3. The van der Waals surface area contributed by atoms with Crippen LogP contribution in [-0.4, -0.2) is 11.1 Å². The Morgan fingerprint density at radius 1 is 0.909 bits per heavy atom. The first-order valence-electron chi connectivity index (χ1n) is 9.99. The van der Waals surface area contributed by atoms with E-state index >= 15 is 0 Å². The van der Waals surface area contributed by atoms with Crippen LogP contribution in [0.3, 0.4) is 0 Å². The van der Waals surface area contributed by atoms with E-state index in [2.05, 4.69) is 81.6 Å². The molecule has 4 nitrogen and oxygen atoms in total. The lowest BCUT2D eigenvalue weighted by atomic mass is 10.0. The van der Waals surface area contributed by atoms with Crippen molar-refractivity contribution < 1.29 is 14.6 Å². The molecular weight excluding hydrogens is 640 g/mol. The van der Waals surface area contributed by atoms with E-state index in [9.17, 15) is 10.1 Å². The number of hydrogen-bond acceptors (Lipinski definition) is 3. The molecule has 0 aromatic heterocycles. The first-order valence-corrected chi connectivity index (χ1v) is 12.2. The van der Waals surface area contributed by atoms with Gasteiger partial charge < -0.3 is 9.84 Å². The Morgan fingerprint density at radius 2 is 1.55 bits per heavy atom. The van der Waals surface area contributed by atoms with Gasteiger partial charge in [0.15, 0.2) is 0 Å². The Kier molecular flexibility index (Phi) is 7.30. The maximum atomic E-state index is 11.1. The van der Waals surface area contributed by atoms with E-state index in [1.165, 1.54) is 22.9 Å². The van der Waals surface area contributed by atoms with E-state index < -0.39 is 5.97 Å². The van der Waals surface area contributed by atoms with Gasteiger partial charge in [-0.1, -0.05) is 48.5 Å². The number of rotatable bonds is 6. The Balaban J connectivity index is 1.55. The molecule has 0 aliphatic heterocycles. The Labute approximate surface area is 218 Å². The van der Waals surface area contributed by atoms with Gasteiger partial charge in [0.2, 0.25) is 0 Å². The molecule has 0 aliphatic carbocycles. The van der Waals surface area contributed by atoms with Crippen LogP contribution in [0.25, 0.3) is 22.4 Å². The van der Waals surface area contributed by atoms with Crippen LogP contribution >= 0.6 is 45.2 Å². The Morgan fingerprint density at radius 3 is 2.18 bits per heavy atom. The summed E-state index contributed by atoms with van der Waals surface area (Å²) in [6.45, 7) is 0.464. The number of nitrogens with zero attached hydrogens (tertiary/aromatic N) is 1. The van der Waals surface area contributed by atoms with Crippen LogP contribution in [0.2, 0.25) is 0 Å². The van der Waals surface area contributed by atoms with Gasteiger partial charge in [0.1, 0.15) is 12.4 Å². The SMILES string of the molecule is N#C/C(=C/c1cc(I)c(OCc2ccc3ccccc3c2)c(I)c1)c1ccc(C(=O)O)cc1. The number of aromatic carboxylic acids is 1. The number of hydrogen-bond donors (Lipinski definition) is 1. The van der Waals surface area contributed by atoms with Crippen molar-refractivity contribution in [1.82, 2.24) is 0 Å². The maximum absolute atomic E-state index is 11.1. The van der Waals surface area contributed by atoms with E-state index in [1.807, 2.05) is 24.3 Å². The summed E-state index contributed by atoms with van der Waals surface area (Å²) in [6.07, 6.45) is 1.80. The van der Waals surface area contributed by atoms with Crippen molar-refractivity contribution in [3.05, 3.63) is 108 Å². The van der Waals surface area contributed by atoms with Gasteiger partial charge in [0, 0.05) is 0 Å². The quantitative estimate of drug-likeness (QED) is 0.134. The molecule has 0 saturated carbocycles. The topological polar surface area (TPSA) is 70.3 Å². The summed E-state index contributed by atoms with van der Waals surface area (Å²) in [5, 5.41) is 21.1. The van der Waals surface area contributed by atoms with Gasteiger partial charge in [-0.25, -0.2) is 4.79 Å². The fourth-order valence-corrected chi connectivity index (χ4v) is 5.55. The zero-order chi connectivity index (χ0) is 23.4. The second-order valence-electron chi connectivity index (χ2n) is 7.34. The molecule has 0 bridgehead atoms. The smallest absolute Gasteiger partial charge is 0.335 e. The lowest BCUT2D eigenvalue weighted by Gasteiger charge is -2.12. The highest BCUT2D eigenvalue weighted by Crippen LogP contribution is 2.31. The average molecular weight is 657 g/mol. The minimum Gasteiger partial charge on any atom is -0.487 e. The third kappa shape index (κ3) is 5.54. The first-order chi connectivity index (χ1) is 15.9. The molecule has 1 N–H and O–H groups in total. The maximum Gasteiger partial charge on any atom is 0.335 e. The molecule has 0 amide bonds. The molecular formula is C27H17I2NO3. The van der Waals surface area contributed by atoms with Crippen LogP contribution in [-0.2, 0) is 6.61 Å². The molecule has 6 heteroatoms. The van der Waals surface area contributed by atoms with Crippen molar-refractivity contribution in [3.8, 4) is 11.8 Å². The summed E-state index contributed by atoms with van der Waals surface area (Å²) in [5.74, 6) is -0.182. The minimum absolute atomic E-state index is 0.188. The summed E-state index contributed by atoms with van der Waals surface area (Å²) in [5.41, 5.74) is 3.29. The van der Waals surface area contributed by atoms with Crippen LogP contribution in [0.15, 0.2) is 78.9 Å². The van der Waals surface area contributed by atoms with Crippen molar-refractivity contribution in [2.75, 3.05) is 0 Å². The van der Waals surface area contributed by atoms with E-state index in [4.69, 9.17) is 9.84 Å². The van der Waals surface area contributed by atoms with Crippen molar-refractivity contribution in [3.63, 3.8) is 0 Å². The molecule has 0 aliphatic rings. The zero-order valence-corrected chi connectivity index (χ0v) is 21.6. The number of allylic oxidation sites excluding steroid dienone is 1. The van der Waals surface area contributed by atoms with Crippen molar-refractivity contribution in [2.24, 2.45) is 0 Å². The minimum atomic E-state index is -0.993. The highest BCUT2D eigenvalue weighted by atomic mass is 127. The van der Waals surface area contributed by atoms with Gasteiger partial charge in [0.25, 0.3) is 0 Å². The molecule has 4 rings (SSSR count). The van der Waals surface area contributed by atoms with Crippen molar-refractivity contribution >= 4 is 73.6 Å². The summed E-state index contributed by atoms with van der Waals surface area (Å²) in [4.78, 5) is 11.1. The Hall–Kier alpha value is -2.90. The highest BCUT2D eigenvalue weighted by Gasteiger charge is 2.11. The van der Waals surface area contributed by atoms with Gasteiger partial charge in [-0.15, -0.1) is 0 Å². The van der Waals surface area contributed by atoms with Crippen LogP contribution in [0.4, 0.5) is 0 Å². The Bertz CT molecular complexity index is 1400. The van der Waals surface area contributed by atoms with Gasteiger partial charge in [-0.05, 0) is 109 Å².